The molecule has 0 heterocycles. The summed E-state index contributed by atoms with van der Waals surface area (Å²) in [7, 11) is 0. The van der Waals surface area contributed by atoms with Crippen molar-refractivity contribution in [2.75, 3.05) is 0 Å². The van der Waals surface area contributed by atoms with Crippen LogP contribution in [0.5, 0.6) is 0 Å². The van der Waals surface area contributed by atoms with Crippen LogP contribution < -0.4 is 0 Å². The van der Waals surface area contributed by atoms with Gasteiger partial charge in [-0.05, 0) is 32.6 Å². The maximum absolute atomic E-state index is 3.85. The lowest BCUT2D eigenvalue weighted by molar-refractivity contribution is 0.879. The quantitative estimate of drug-likeness (QED) is 0.428. The Morgan fingerprint density at radius 3 is 2.60 bits per heavy atom. The van der Waals surface area contributed by atoms with E-state index < -0.39 is 0 Å². The summed E-state index contributed by atoms with van der Waals surface area (Å²) in [6.07, 6.45) is 13.3. The lowest BCUT2D eigenvalue weighted by atomic mass is 10.1. The minimum absolute atomic E-state index is 0.955. The van der Waals surface area contributed by atoms with Crippen molar-refractivity contribution in [3.05, 3.63) is 48.2 Å². The maximum Gasteiger partial charge on any atom is 0.0365 e. The average Bonchev–Trinajstić information content (AvgIpc) is 2.25. The van der Waals surface area contributed by atoms with Crippen LogP contribution in [0, 0.1) is 0 Å². The molecule has 0 aliphatic rings. The van der Waals surface area contributed by atoms with Gasteiger partial charge < -0.3 is 0 Å². The second-order valence-electron chi connectivity index (χ2n) is 3.41. The predicted octanol–water partition coefficient (Wildman–Crippen LogP) is 4.45. The molecule has 15 heavy (non-hydrogen) atoms. The van der Waals surface area contributed by atoms with E-state index in [0.717, 1.165) is 18.5 Å². The van der Waals surface area contributed by atoms with E-state index in [-0.39, 0.29) is 0 Å². The molecule has 0 unspecified atom stereocenters. The summed E-state index contributed by atoms with van der Waals surface area (Å²) in [5.41, 5.74) is 2.37. The van der Waals surface area contributed by atoms with Crippen LogP contribution in [-0.4, -0.2) is 6.72 Å². The molecule has 0 atom stereocenters. The van der Waals surface area contributed by atoms with Crippen LogP contribution in [-0.2, 0) is 0 Å². The zero-order valence-corrected chi connectivity index (χ0v) is 9.87. The molecular formula is C14H21N. The largest absolute Gasteiger partial charge is 0.269 e. The van der Waals surface area contributed by atoms with Gasteiger partial charge in [-0.1, -0.05) is 49.8 Å². The van der Waals surface area contributed by atoms with Crippen LogP contribution in [0.4, 0.5) is 0 Å². The van der Waals surface area contributed by atoms with Gasteiger partial charge in [-0.15, -0.1) is 0 Å². The fraction of sp³-hybridized carbons (Fsp3) is 0.357. The standard InChI is InChI=1S/C14H21N/c1-5-7-8-10-14(9-6-2)12-11-13(3)15-4/h5,7-8,11-12H,1,4,6,9-10H2,2-3H3/b8-7-,13-11-,14-12+. The van der Waals surface area contributed by atoms with Crippen molar-refractivity contribution in [3.8, 4) is 0 Å². The van der Waals surface area contributed by atoms with Gasteiger partial charge >= 0.3 is 0 Å². The molecule has 0 aliphatic carbocycles. The minimum Gasteiger partial charge on any atom is -0.269 e. The third-order valence-electron chi connectivity index (χ3n) is 2.03. The molecule has 0 spiro atoms. The molecular weight excluding hydrogens is 182 g/mol. The molecule has 1 heteroatoms. The van der Waals surface area contributed by atoms with E-state index in [1.807, 2.05) is 19.1 Å². The highest BCUT2D eigenvalue weighted by Crippen LogP contribution is 2.11. The van der Waals surface area contributed by atoms with E-state index in [9.17, 15) is 0 Å². The molecule has 0 saturated carbocycles. The SMILES string of the molecule is C=C/C=C\C/C(=C/C=C(/C)N=C)CCC. The van der Waals surface area contributed by atoms with Gasteiger partial charge in [0.15, 0.2) is 0 Å². The Morgan fingerprint density at radius 1 is 1.33 bits per heavy atom. The van der Waals surface area contributed by atoms with Gasteiger partial charge in [0.05, 0.1) is 0 Å². The van der Waals surface area contributed by atoms with Gasteiger partial charge in [-0.2, -0.15) is 0 Å². The van der Waals surface area contributed by atoms with E-state index in [2.05, 4.69) is 37.4 Å². The topological polar surface area (TPSA) is 12.4 Å². The van der Waals surface area contributed by atoms with Crippen molar-refractivity contribution in [2.45, 2.75) is 33.1 Å². The van der Waals surface area contributed by atoms with E-state index in [1.54, 1.807) is 6.08 Å². The summed E-state index contributed by atoms with van der Waals surface area (Å²) in [5, 5.41) is 0. The van der Waals surface area contributed by atoms with Crippen LogP contribution in [0.3, 0.4) is 0 Å². The monoisotopic (exact) mass is 203 g/mol. The number of allylic oxidation sites excluding steroid dienone is 7. The second-order valence-corrected chi connectivity index (χ2v) is 3.41. The van der Waals surface area contributed by atoms with Crippen molar-refractivity contribution in [3.63, 3.8) is 0 Å². The molecule has 82 valence electrons. The average molecular weight is 203 g/mol. The van der Waals surface area contributed by atoms with Crippen LogP contribution in [0.25, 0.3) is 0 Å². The van der Waals surface area contributed by atoms with E-state index in [1.165, 1.54) is 12.0 Å². The number of hydrogen-bond donors (Lipinski definition) is 0. The number of hydrogen-bond acceptors (Lipinski definition) is 1. The molecule has 0 rings (SSSR count). The third-order valence-corrected chi connectivity index (χ3v) is 2.03. The lowest BCUT2D eigenvalue weighted by Crippen LogP contribution is -1.80. The Balaban J connectivity index is 4.42. The van der Waals surface area contributed by atoms with Crippen molar-refractivity contribution >= 4 is 6.72 Å². The number of nitrogens with zero attached hydrogens (tertiary/aromatic N) is 1. The number of rotatable bonds is 7. The fourth-order valence-corrected chi connectivity index (χ4v) is 1.18. The lowest BCUT2D eigenvalue weighted by Gasteiger charge is -2.00. The van der Waals surface area contributed by atoms with Crippen molar-refractivity contribution in [2.24, 2.45) is 4.99 Å². The second kappa shape index (κ2) is 9.20. The summed E-state index contributed by atoms with van der Waals surface area (Å²) in [6.45, 7) is 11.3. The number of aliphatic imine (C=N–C) groups is 1. The van der Waals surface area contributed by atoms with Gasteiger partial charge in [0.25, 0.3) is 0 Å². The molecule has 0 aromatic rings. The molecule has 0 aliphatic heterocycles. The zero-order chi connectivity index (χ0) is 11.5. The highest BCUT2D eigenvalue weighted by atomic mass is 14.7. The van der Waals surface area contributed by atoms with Gasteiger partial charge in [0, 0.05) is 5.70 Å². The van der Waals surface area contributed by atoms with E-state index in [0.29, 0.717) is 0 Å². The Kier molecular flexibility index (Phi) is 8.36. The summed E-state index contributed by atoms with van der Waals surface area (Å²) >= 11 is 0. The van der Waals surface area contributed by atoms with Crippen LogP contribution in [0.1, 0.15) is 33.1 Å². The zero-order valence-electron chi connectivity index (χ0n) is 9.87. The van der Waals surface area contributed by atoms with Gasteiger partial charge in [0.2, 0.25) is 0 Å². The van der Waals surface area contributed by atoms with E-state index >= 15 is 0 Å². The maximum atomic E-state index is 3.85. The third kappa shape index (κ3) is 7.68. The fourth-order valence-electron chi connectivity index (χ4n) is 1.18. The molecule has 0 N–H and O–H groups in total. The van der Waals surface area contributed by atoms with Crippen LogP contribution in [0.2, 0.25) is 0 Å². The summed E-state index contributed by atoms with van der Waals surface area (Å²) in [5.74, 6) is 0. The Morgan fingerprint density at radius 2 is 2.07 bits per heavy atom. The molecule has 0 aromatic carbocycles. The van der Waals surface area contributed by atoms with Crippen molar-refractivity contribution in [1.29, 1.82) is 0 Å². The summed E-state index contributed by atoms with van der Waals surface area (Å²) in [4.78, 5) is 3.85. The van der Waals surface area contributed by atoms with Gasteiger partial charge in [-0.3, -0.25) is 4.99 Å². The first-order valence-electron chi connectivity index (χ1n) is 5.35. The summed E-state index contributed by atoms with van der Waals surface area (Å²) < 4.78 is 0. The molecule has 0 fully saturated rings. The van der Waals surface area contributed by atoms with E-state index in [4.69, 9.17) is 0 Å². The molecule has 1 nitrogen and oxygen atoms in total. The smallest absolute Gasteiger partial charge is 0.0365 e. The normalized spacial score (nSPS) is 13.2. The van der Waals surface area contributed by atoms with Crippen molar-refractivity contribution in [1.82, 2.24) is 0 Å². The Bertz CT molecular complexity index is 280. The first kappa shape index (κ1) is 13.6. The minimum atomic E-state index is 0.955. The first-order valence-corrected chi connectivity index (χ1v) is 5.35. The van der Waals surface area contributed by atoms with Crippen LogP contribution in [0.15, 0.2) is 53.2 Å². The highest BCUT2D eigenvalue weighted by molar-refractivity contribution is 5.30. The highest BCUT2D eigenvalue weighted by Gasteiger charge is 1.91. The summed E-state index contributed by atoms with van der Waals surface area (Å²) in [6, 6.07) is 0. The molecule has 0 amide bonds. The van der Waals surface area contributed by atoms with Crippen LogP contribution >= 0.6 is 0 Å². The van der Waals surface area contributed by atoms with Crippen molar-refractivity contribution < 1.29 is 0 Å². The van der Waals surface area contributed by atoms with Gasteiger partial charge in [-0.25, -0.2) is 0 Å². The molecule has 0 aromatic heterocycles. The molecule has 0 radical (unpaired) electrons. The van der Waals surface area contributed by atoms with Gasteiger partial charge in [0.1, 0.15) is 0 Å². The predicted molar refractivity (Wildman–Crippen MR) is 70.3 cm³/mol. The first-order chi connectivity index (χ1) is 7.24. The molecule has 0 bridgehead atoms. The molecule has 0 saturated heterocycles. The Labute approximate surface area is 93.6 Å². The Hall–Kier alpha value is -1.37.